The highest BCUT2D eigenvalue weighted by molar-refractivity contribution is 7.95. The number of imidazole rings is 1. The van der Waals surface area contributed by atoms with Gasteiger partial charge in [-0.05, 0) is 23.2 Å². The van der Waals surface area contributed by atoms with E-state index in [0.29, 0.717) is 0 Å². The summed E-state index contributed by atoms with van der Waals surface area (Å²) in [5.74, 6) is -0.691. The largest absolute Gasteiger partial charge is 0.573 e. The van der Waals surface area contributed by atoms with E-state index < -0.39 is 30.9 Å². The number of rotatable bonds is 4. The molecule has 1 heterocycles. The number of alkyl halides is 6. The van der Waals surface area contributed by atoms with Gasteiger partial charge in [-0.1, -0.05) is 23.2 Å². The van der Waals surface area contributed by atoms with Crippen molar-refractivity contribution in [2.75, 3.05) is 0 Å². The Morgan fingerprint density at radius 2 is 1.60 bits per heavy atom. The quantitative estimate of drug-likeness (QED) is 0.479. The van der Waals surface area contributed by atoms with Crippen molar-refractivity contribution in [3.63, 3.8) is 0 Å². The van der Waals surface area contributed by atoms with Crippen molar-refractivity contribution in [1.29, 1.82) is 0 Å². The van der Waals surface area contributed by atoms with E-state index in [4.69, 9.17) is 46.4 Å². The van der Waals surface area contributed by atoms with Crippen LogP contribution in [0, 0.1) is 0 Å². The van der Waals surface area contributed by atoms with Crippen LogP contribution >= 0.6 is 46.4 Å². The number of aromatic nitrogens is 2. The van der Waals surface area contributed by atoms with E-state index in [-0.39, 0.29) is 15.7 Å². The Hall–Kier alpha value is -0.940. The van der Waals surface area contributed by atoms with Crippen LogP contribution in [0.3, 0.4) is 0 Å². The molecule has 2 aromatic rings. The summed E-state index contributed by atoms with van der Waals surface area (Å²) in [7, 11) is -4.85. The van der Waals surface area contributed by atoms with Gasteiger partial charge in [-0.15, -0.1) is 13.2 Å². The topological polar surface area (TPSA) is 61.2 Å². The average Bonchev–Trinajstić information content (AvgIpc) is 2.84. The van der Waals surface area contributed by atoms with Crippen LogP contribution in [-0.2, 0) is 9.84 Å². The van der Waals surface area contributed by atoms with E-state index >= 15 is 0 Å². The molecule has 0 aliphatic heterocycles. The summed E-state index contributed by atoms with van der Waals surface area (Å²) in [5.41, 5.74) is -0.125. The van der Waals surface area contributed by atoms with Gasteiger partial charge in [0.15, 0.2) is 5.03 Å². The van der Waals surface area contributed by atoms with Crippen LogP contribution in [0.4, 0.5) is 17.6 Å². The predicted octanol–water partition coefficient (Wildman–Crippen LogP) is 4.91. The molecule has 0 bridgehead atoms. The monoisotopic (exact) mass is 460 g/mol. The molecule has 14 heteroatoms. The van der Waals surface area contributed by atoms with Gasteiger partial charge in [0.05, 0.1) is 15.7 Å². The fourth-order valence-corrected chi connectivity index (χ4v) is 3.48. The Balaban J connectivity index is 2.48. The molecule has 1 aromatic heterocycles. The van der Waals surface area contributed by atoms with Crippen LogP contribution in [0.1, 0.15) is 0 Å². The third-order valence-corrected chi connectivity index (χ3v) is 5.79. The van der Waals surface area contributed by atoms with Crippen molar-refractivity contribution in [2.24, 2.45) is 0 Å². The van der Waals surface area contributed by atoms with E-state index in [1.807, 2.05) is 0 Å². The van der Waals surface area contributed by atoms with Crippen molar-refractivity contribution in [3.8, 4) is 11.4 Å². The second-order valence-electron chi connectivity index (χ2n) is 4.35. The first kappa shape index (κ1) is 20.4. The highest BCUT2D eigenvalue weighted by Crippen LogP contribution is 2.37. The zero-order chi connectivity index (χ0) is 19.2. The first-order valence-electron chi connectivity index (χ1n) is 5.83. The Morgan fingerprint density at radius 1 is 1.08 bits per heavy atom. The SMILES string of the molecule is O=S(=O)(c1cn(-c2c(Cl)cc(OC(F)(F)F)cc2Cl)cn1)C(F)(Cl)Cl. The Kier molecular flexibility index (Phi) is 5.42. The highest BCUT2D eigenvalue weighted by atomic mass is 35.5. The molecule has 0 amide bonds. The fraction of sp³-hybridized carbons (Fsp3) is 0.182. The molecule has 0 spiro atoms. The van der Waals surface area contributed by atoms with Gasteiger partial charge >= 0.3 is 10.3 Å². The predicted molar refractivity (Wildman–Crippen MR) is 83.0 cm³/mol. The van der Waals surface area contributed by atoms with Crippen LogP contribution < -0.4 is 4.74 Å². The molecule has 2 rings (SSSR count). The molecule has 0 aliphatic rings. The number of benzene rings is 1. The van der Waals surface area contributed by atoms with E-state index in [1.165, 1.54) is 0 Å². The van der Waals surface area contributed by atoms with E-state index in [1.54, 1.807) is 0 Å². The Labute approximate surface area is 157 Å². The van der Waals surface area contributed by atoms with Gasteiger partial charge in [-0.25, -0.2) is 13.4 Å². The number of sulfone groups is 1. The summed E-state index contributed by atoms with van der Waals surface area (Å²) >= 11 is 21.6. The average molecular weight is 462 g/mol. The highest BCUT2D eigenvalue weighted by Gasteiger charge is 2.43. The lowest BCUT2D eigenvalue weighted by atomic mass is 10.3. The summed E-state index contributed by atoms with van der Waals surface area (Å²) in [5, 5.41) is -1.49. The summed E-state index contributed by atoms with van der Waals surface area (Å²) < 4.78 is 74.5. The van der Waals surface area contributed by atoms with Gasteiger partial charge in [0.25, 0.3) is 9.84 Å². The molecule has 0 N–H and O–H groups in total. The van der Waals surface area contributed by atoms with Crippen LogP contribution in [0.2, 0.25) is 10.0 Å². The van der Waals surface area contributed by atoms with E-state index in [0.717, 1.165) is 29.2 Å². The molecular formula is C11H4Cl4F4N2O3S. The van der Waals surface area contributed by atoms with E-state index in [9.17, 15) is 26.0 Å². The molecule has 0 saturated heterocycles. The van der Waals surface area contributed by atoms with Crippen LogP contribution in [0.15, 0.2) is 29.7 Å². The normalized spacial score (nSPS) is 13.1. The summed E-state index contributed by atoms with van der Waals surface area (Å²) in [6.45, 7) is 0. The minimum Gasteiger partial charge on any atom is -0.406 e. The maximum Gasteiger partial charge on any atom is 0.573 e. The fourth-order valence-electron chi connectivity index (χ4n) is 1.67. The van der Waals surface area contributed by atoms with Gasteiger partial charge in [-0.2, -0.15) is 4.39 Å². The van der Waals surface area contributed by atoms with Crippen molar-refractivity contribution < 1.29 is 30.7 Å². The maximum absolute atomic E-state index is 13.4. The van der Waals surface area contributed by atoms with Crippen LogP contribution in [0.5, 0.6) is 5.75 Å². The van der Waals surface area contributed by atoms with Crippen LogP contribution in [0.25, 0.3) is 5.69 Å². The lowest BCUT2D eigenvalue weighted by Crippen LogP contribution is -2.21. The molecule has 5 nitrogen and oxygen atoms in total. The number of hydrogen-bond acceptors (Lipinski definition) is 4. The summed E-state index contributed by atoms with van der Waals surface area (Å²) in [6, 6.07) is 1.60. The van der Waals surface area contributed by atoms with Crippen molar-refractivity contribution in [1.82, 2.24) is 9.55 Å². The molecule has 0 aliphatic carbocycles. The lowest BCUT2D eigenvalue weighted by Gasteiger charge is -2.13. The molecular weight excluding hydrogens is 458 g/mol. The Bertz CT molecular complexity index is 886. The second-order valence-corrected chi connectivity index (χ2v) is 8.84. The first-order chi connectivity index (χ1) is 11.2. The Morgan fingerprint density at radius 3 is 2.04 bits per heavy atom. The second kappa shape index (κ2) is 6.66. The number of ether oxygens (including phenoxy) is 1. The van der Waals surface area contributed by atoms with Gasteiger partial charge in [0, 0.05) is 18.3 Å². The minimum atomic E-state index is -4.96. The third-order valence-electron chi connectivity index (χ3n) is 2.62. The molecule has 0 atom stereocenters. The lowest BCUT2D eigenvalue weighted by molar-refractivity contribution is -0.274. The summed E-state index contributed by atoms with van der Waals surface area (Å²) in [4.78, 5) is 3.43. The third kappa shape index (κ3) is 4.43. The minimum absolute atomic E-state index is 0.125. The van der Waals surface area contributed by atoms with Gasteiger partial charge in [-0.3, -0.25) is 0 Å². The zero-order valence-corrected chi connectivity index (χ0v) is 15.2. The standard InChI is InChI=1S/C11H4Cl4F4N2O3S/c12-6-1-5(24-11(17,18)19)2-7(13)9(6)21-3-8(20-4-21)25(22,23)10(14,15)16/h1-4H. The molecule has 0 saturated carbocycles. The smallest absolute Gasteiger partial charge is 0.406 e. The van der Waals surface area contributed by atoms with Crippen LogP contribution in [-0.4, -0.2) is 28.3 Å². The summed E-state index contributed by atoms with van der Waals surface area (Å²) in [6.07, 6.45) is -3.30. The van der Waals surface area contributed by atoms with Crippen molar-refractivity contribution in [3.05, 3.63) is 34.7 Å². The molecule has 1 aromatic carbocycles. The van der Waals surface area contributed by atoms with Gasteiger partial charge in [0.1, 0.15) is 12.1 Å². The van der Waals surface area contributed by atoms with Crippen molar-refractivity contribution >= 4 is 56.2 Å². The van der Waals surface area contributed by atoms with E-state index in [2.05, 4.69) is 9.72 Å². The maximum atomic E-state index is 13.4. The molecule has 0 radical (unpaired) electrons. The number of halogens is 8. The molecule has 0 unspecified atom stereocenters. The zero-order valence-electron chi connectivity index (χ0n) is 11.4. The first-order valence-corrected chi connectivity index (χ1v) is 8.82. The number of nitrogens with zero attached hydrogens (tertiary/aromatic N) is 2. The molecule has 138 valence electrons. The van der Waals surface area contributed by atoms with Gasteiger partial charge in [0.2, 0.25) is 0 Å². The number of hydrogen-bond donors (Lipinski definition) is 0. The molecule has 0 fully saturated rings. The van der Waals surface area contributed by atoms with Crippen molar-refractivity contribution in [2.45, 2.75) is 15.3 Å². The van der Waals surface area contributed by atoms with Gasteiger partial charge < -0.3 is 9.30 Å². The molecule has 25 heavy (non-hydrogen) atoms.